The molecular formula is C19H18N6O2. The summed E-state index contributed by atoms with van der Waals surface area (Å²) in [6.45, 7) is 2.72. The predicted molar refractivity (Wildman–Crippen MR) is 99.8 cm³/mol. The highest BCUT2D eigenvalue weighted by molar-refractivity contribution is 5.79. The minimum absolute atomic E-state index is 0.624. The Kier molecular flexibility index (Phi) is 4.61. The van der Waals surface area contributed by atoms with Gasteiger partial charge in [-0.25, -0.2) is 14.6 Å². The molecular weight excluding hydrogens is 344 g/mol. The summed E-state index contributed by atoms with van der Waals surface area (Å²) < 4.78 is 5.56. The average Bonchev–Trinajstić information content (AvgIpc) is 3.15. The van der Waals surface area contributed by atoms with Gasteiger partial charge < -0.3 is 10.5 Å². The molecule has 1 N–H and O–H groups in total. The smallest absolute Gasteiger partial charge is 0.183 e. The Hall–Kier alpha value is -3.55. The van der Waals surface area contributed by atoms with Crippen molar-refractivity contribution < 1.29 is 9.36 Å². The molecule has 4 rings (SSSR count). The first kappa shape index (κ1) is 16.9. The molecule has 0 atom stereocenters. The standard InChI is InChI=1S/C19H18N6O2/c1-2-15-11-18(20-8-7-13-4-3-9-25(26)12-13)22-19(21-15)14-5-6-16-17(10-14)24-27-23-16/h3-6,9-12H,2,7-8H2,1H3,(H,20,21,22). The van der Waals surface area contributed by atoms with E-state index in [1.54, 1.807) is 12.3 Å². The molecule has 0 saturated heterocycles. The first-order chi connectivity index (χ1) is 13.2. The lowest BCUT2D eigenvalue weighted by Crippen LogP contribution is -2.25. The lowest BCUT2D eigenvalue weighted by Gasteiger charge is -2.09. The third kappa shape index (κ3) is 3.84. The van der Waals surface area contributed by atoms with E-state index in [1.165, 1.54) is 6.20 Å². The van der Waals surface area contributed by atoms with E-state index >= 15 is 0 Å². The lowest BCUT2D eigenvalue weighted by molar-refractivity contribution is -0.605. The maximum atomic E-state index is 11.3. The van der Waals surface area contributed by atoms with E-state index in [0.717, 1.165) is 40.2 Å². The topological polar surface area (TPSA) is 104 Å². The molecule has 0 amide bonds. The van der Waals surface area contributed by atoms with Crippen LogP contribution in [0.1, 0.15) is 18.2 Å². The summed E-state index contributed by atoms with van der Waals surface area (Å²) in [5.74, 6) is 1.38. The minimum Gasteiger partial charge on any atom is -0.619 e. The summed E-state index contributed by atoms with van der Waals surface area (Å²) in [6.07, 6.45) is 4.57. The first-order valence-corrected chi connectivity index (χ1v) is 8.73. The number of aryl methyl sites for hydroxylation is 1. The van der Waals surface area contributed by atoms with Gasteiger partial charge in [0.2, 0.25) is 0 Å². The molecule has 8 nitrogen and oxygen atoms in total. The lowest BCUT2D eigenvalue weighted by atomic mass is 10.1. The molecule has 0 spiro atoms. The van der Waals surface area contributed by atoms with Crippen LogP contribution in [0, 0.1) is 5.21 Å². The fourth-order valence-electron chi connectivity index (χ4n) is 2.80. The van der Waals surface area contributed by atoms with Gasteiger partial charge >= 0.3 is 0 Å². The van der Waals surface area contributed by atoms with Crippen LogP contribution in [0.25, 0.3) is 22.4 Å². The fraction of sp³-hybridized carbons (Fsp3) is 0.211. The van der Waals surface area contributed by atoms with Crippen molar-refractivity contribution in [3.05, 3.63) is 65.3 Å². The van der Waals surface area contributed by atoms with Gasteiger partial charge in [0.05, 0.1) is 0 Å². The van der Waals surface area contributed by atoms with Crippen LogP contribution in [0.4, 0.5) is 5.82 Å². The van der Waals surface area contributed by atoms with Crippen molar-refractivity contribution in [2.45, 2.75) is 19.8 Å². The van der Waals surface area contributed by atoms with Crippen molar-refractivity contribution in [3.63, 3.8) is 0 Å². The maximum Gasteiger partial charge on any atom is 0.183 e. The van der Waals surface area contributed by atoms with Crippen LogP contribution in [-0.2, 0) is 12.8 Å². The van der Waals surface area contributed by atoms with Gasteiger partial charge in [0.1, 0.15) is 16.9 Å². The van der Waals surface area contributed by atoms with E-state index in [4.69, 9.17) is 4.63 Å². The van der Waals surface area contributed by atoms with Crippen molar-refractivity contribution in [2.75, 3.05) is 11.9 Å². The van der Waals surface area contributed by atoms with Gasteiger partial charge in [-0.2, -0.15) is 4.73 Å². The van der Waals surface area contributed by atoms with Crippen LogP contribution in [0.2, 0.25) is 0 Å². The molecule has 0 fully saturated rings. The number of hydrogen-bond donors (Lipinski definition) is 1. The highest BCUT2D eigenvalue weighted by atomic mass is 16.6. The van der Waals surface area contributed by atoms with Crippen LogP contribution in [0.3, 0.4) is 0 Å². The van der Waals surface area contributed by atoms with E-state index in [0.29, 0.717) is 23.4 Å². The van der Waals surface area contributed by atoms with Gasteiger partial charge in [-0.3, -0.25) is 0 Å². The summed E-state index contributed by atoms with van der Waals surface area (Å²) in [4.78, 5) is 9.24. The molecule has 0 aliphatic rings. The summed E-state index contributed by atoms with van der Waals surface area (Å²) >= 11 is 0. The number of nitrogens with one attached hydrogen (secondary N) is 1. The Bertz CT molecular complexity index is 1080. The van der Waals surface area contributed by atoms with Crippen LogP contribution in [0.15, 0.2) is 53.4 Å². The average molecular weight is 362 g/mol. The third-order valence-corrected chi connectivity index (χ3v) is 4.21. The van der Waals surface area contributed by atoms with E-state index in [-0.39, 0.29) is 0 Å². The second-order valence-electron chi connectivity index (χ2n) is 6.14. The molecule has 0 aliphatic carbocycles. The van der Waals surface area contributed by atoms with Crippen LogP contribution in [0.5, 0.6) is 0 Å². The quantitative estimate of drug-likeness (QED) is 0.415. The molecule has 0 bridgehead atoms. The van der Waals surface area contributed by atoms with Crippen LogP contribution < -0.4 is 10.0 Å². The van der Waals surface area contributed by atoms with Gasteiger partial charge in [-0.15, -0.1) is 0 Å². The summed E-state index contributed by atoms with van der Waals surface area (Å²) in [6, 6.07) is 11.2. The van der Waals surface area contributed by atoms with E-state index in [2.05, 4.69) is 32.5 Å². The molecule has 0 unspecified atom stereocenters. The number of hydrogen-bond acceptors (Lipinski definition) is 7. The Morgan fingerprint density at radius 3 is 2.85 bits per heavy atom. The minimum atomic E-state index is 0.624. The summed E-state index contributed by atoms with van der Waals surface area (Å²) in [5.41, 5.74) is 4.13. The fourth-order valence-corrected chi connectivity index (χ4v) is 2.80. The zero-order valence-corrected chi connectivity index (χ0v) is 14.8. The number of nitrogens with zero attached hydrogens (tertiary/aromatic N) is 5. The van der Waals surface area contributed by atoms with Gasteiger partial charge in [-0.05, 0) is 47.4 Å². The molecule has 0 aliphatic heterocycles. The Labute approximate surface area is 155 Å². The normalized spacial score (nSPS) is 11.0. The monoisotopic (exact) mass is 362 g/mol. The molecule has 3 heterocycles. The molecule has 1 aromatic carbocycles. The Morgan fingerprint density at radius 2 is 2.00 bits per heavy atom. The largest absolute Gasteiger partial charge is 0.619 e. The zero-order chi connectivity index (χ0) is 18.6. The Morgan fingerprint density at radius 1 is 1.11 bits per heavy atom. The highest BCUT2D eigenvalue weighted by Gasteiger charge is 2.09. The SMILES string of the molecule is CCc1cc(NCCc2ccc[n+]([O-])c2)nc(-c2ccc3nonc3c2)n1. The molecule has 0 saturated carbocycles. The van der Waals surface area contributed by atoms with Crippen LogP contribution in [-0.4, -0.2) is 26.8 Å². The number of anilines is 1. The molecule has 27 heavy (non-hydrogen) atoms. The highest BCUT2D eigenvalue weighted by Crippen LogP contribution is 2.22. The maximum absolute atomic E-state index is 11.3. The molecule has 0 radical (unpaired) electrons. The molecule has 8 heteroatoms. The van der Waals surface area contributed by atoms with Crippen molar-refractivity contribution in [2.24, 2.45) is 0 Å². The second-order valence-corrected chi connectivity index (χ2v) is 6.14. The second kappa shape index (κ2) is 7.36. The number of benzene rings is 1. The van der Waals surface area contributed by atoms with E-state index in [9.17, 15) is 5.21 Å². The number of rotatable bonds is 6. The van der Waals surface area contributed by atoms with Gasteiger partial charge in [0, 0.05) is 35.5 Å². The van der Waals surface area contributed by atoms with Crippen molar-refractivity contribution in [1.82, 2.24) is 20.3 Å². The van der Waals surface area contributed by atoms with Crippen molar-refractivity contribution in [3.8, 4) is 11.4 Å². The molecule has 3 aromatic heterocycles. The first-order valence-electron chi connectivity index (χ1n) is 8.73. The number of aromatic nitrogens is 5. The van der Waals surface area contributed by atoms with Gasteiger partial charge in [0.25, 0.3) is 0 Å². The number of fused-ring (bicyclic) bond motifs is 1. The Balaban J connectivity index is 1.55. The summed E-state index contributed by atoms with van der Waals surface area (Å²) in [7, 11) is 0. The van der Waals surface area contributed by atoms with Gasteiger partial charge in [0.15, 0.2) is 18.2 Å². The van der Waals surface area contributed by atoms with Crippen molar-refractivity contribution >= 4 is 16.9 Å². The molecule has 136 valence electrons. The van der Waals surface area contributed by atoms with Crippen LogP contribution >= 0.6 is 0 Å². The summed E-state index contributed by atoms with van der Waals surface area (Å²) in [5, 5.41) is 22.4. The zero-order valence-electron chi connectivity index (χ0n) is 14.8. The van der Waals surface area contributed by atoms with E-state index in [1.807, 2.05) is 30.3 Å². The predicted octanol–water partition coefficient (Wildman–Crippen LogP) is 2.53. The third-order valence-electron chi connectivity index (χ3n) is 4.21. The van der Waals surface area contributed by atoms with E-state index < -0.39 is 0 Å². The van der Waals surface area contributed by atoms with Gasteiger partial charge in [-0.1, -0.05) is 6.92 Å². The number of pyridine rings is 1. The molecule has 4 aromatic rings. The van der Waals surface area contributed by atoms with Crippen molar-refractivity contribution in [1.29, 1.82) is 0 Å².